The highest BCUT2D eigenvalue weighted by atomic mass is 35.5. The van der Waals surface area contributed by atoms with E-state index in [1.807, 2.05) is 0 Å². The van der Waals surface area contributed by atoms with Gasteiger partial charge in [-0.15, -0.1) is 0 Å². The first kappa shape index (κ1) is 31.5. The zero-order valence-electron chi connectivity index (χ0n) is 22.3. The Labute approximate surface area is 249 Å². The van der Waals surface area contributed by atoms with E-state index < -0.39 is 39.2 Å². The van der Waals surface area contributed by atoms with Gasteiger partial charge in [-0.25, -0.2) is 8.42 Å². The predicted octanol–water partition coefficient (Wildman–Crippen LogP) is 6.58. The quantitative estimate of drug-likeness (QED) is 0.170. The summed E-state index contributed by atoms with van der Waals surface area (Å²) < 4.78 is 85.0. The summed E-state index contributed by atoms with van der Waals surface area (Å²) in [5, 5.41) is 12.2. The van der Waals surface area contributed by atoms with Crippen LogP contribution in [0.1, 0.15) is 15.9 Å². The van der Waals surface area contributed by atoms with Crippen molar-refractivity contribution in [1.29, 1.82) is 0 Å². The molecular weight excluding hydrogens is 613 g/mol. The van der Waals surface area contributed by atoms with Gasteiger partial charge in [0.2, 0.25) is 0 Å². The molecule has 0 spiro atoms. The Hall–Kier alpha value is -4.46. The minimum Gasteiger partial charge on any atom is -0.497 e. The number of hydrogen-bond acceptors (Lipinski definition) is 7. The number of alkyl halides is 3. The Kier molecular flexibility index (Phi) is 9.69. The number of methoxy groups -OCH3 is 1. The molecule has 1 amide bonds. The van der Waals surface area contributed by atoms with Gasteiger partial charge in [0.1, 0.15) is 18.1 Å². The van der Waals surface area contributed by atoms with Gasteiger partial charge in [0.05, 0.1) is 34.9 Å². The maximum Gasteiger partial charge on any atom is 0.416 e. The number of ether oxygens (including phenoxy) is 3. The van der Waals surface area contributed by atoms with Crippen molar-refractivity contribution in [2.45, 2.75) is 11.1 Å². The van der Waals surface area contributed by atoms with Gasteiger partial charge >= 0.3 is 6.18 Å². The zero-order valence-corrected chi connectivity index (χ0v) is 23.9. The van der Waals surface area contributed by atoms with E-state index in [9.17, 15) is 31.5 Å². The summed E-state index contributed by atoms with van der Waals surface area (Å²) in [5.41, 5.74) is -0.985. The van der Waals surface area contributed by atoms with Crippen LogP contribution in [-0.4, -0.2) is 39.8 Å². The second kappa shape index (κ2) is 13.2. The molecule has 0 fully saturated rings. The Morgan fingerprint density at radius 3 is 2.28 bits per heavy atom. The molecule has 4 aromatic rings. The monoisotopic (exact) mass is 636 g/mol. The highest BCUT2D eigenvalue weighted by Crippen LogP contribution is 2.44. The van der Waals surface area contributed by atoms with Gasteiger partial charge in [-0.2, -0.15) is 13.2 Å². The number of aliphatic hydroxyl groups excluding tert-OH is 1. The van der Waals surface area contributed by atoms with Crippen LogP contribution in [0.4, 0.5) is 24.5 Å². The third-order valence-corrected chi connectivity index (χ3v) is 7.48. The molecule has 0 unspecified atom stereocenters. The van der Waals surface area contributed by atoms with Crippen LogP contribution in [0.25, 0.3) is 0 Å². The minimum absolute atomic E-state index is 0.0198. The minimum atomic E-state index is -4.67. The van der Waals surface area contributed by atoms with Crippen molar-refractivity contribution >= 4 is 38.9 Å². The van der Waals surface area contributed by atoms with E-state index in [0.29, 0.717) is 23.6 Å². The van der Waals surface area contributed by atoms with Crippen LogP contribution in [0.5, 0.6) is 23.0 Å². The van der Waals surface area contributed by atoms with Crippen LogP contribution in [0.3, 0.4) is 0 Å². The molecule has 0 aliphatic carbocycles. The normalized spacial score (nSPS) is 11.5. The molecule has 0 saturated carbocycles. The molecule has 0 aliphatic heterocycles. The summed E-state index contributed by atoms with van der Waals surface area (Å²) in [5.74, 6) is -0.690. The Morgan fingerprint density at radius 2 is 1.65 bits per heavy atom. The molecule has 0 aromatic heterocycles. The number of hydrogen-bond donors (Lipinski definition) is 3. The van der Waals surface area contributed by atoms with Crippen molar-refractivity contribution in [3.05, 3.63) is 101 Å². The van der Waals surface area contributed by atoms with Gasteiger partial charge in [0, 0.05) is 17.3 Å². The average Bonchev–Trinajstić information content (AvgIpc) is 2.98. The number of aliphatic hydroxyl groups is 1. The van der Waals surface area contributed by atoms with E-state index >= 15 is 0 Å². The van der Waals surface area contributed by atoms with Crippen LogP contribution in [0.15, 0.2) is 89.8 Å². The molecule has 4 aromatic carbocycles. The number of rotatable bonds is 11. The van der Waals surface area contributed by atoms with Crippen LogP contribution in [0, 0.1) is 0 Å². The average molecular weight is 637 g/mol. The smallest absolute Gasteiger partial charge is 0.416 e. The van der Waals surface area contributed by atoms with Crippen LogP contribution < -0.4 is 24.2 Å². The number of benzene rings is 4. The molecule has 4 rings (SSSR count). The van der Waals surface area contributed by atoms with E-state index in [2.05, 4.69) is 10.0 Å². The Bertz CT molecular complexity index is 1700. The van der Waals surface area contributed by atoms with Crippen molar-refractivity contribution in [3.8, 4) is 23.0 Å². The fourth-order valence-corrected chi connectivity index (χ4v) is 4.94. The highest BCUT2D eigenvalue weighted by molar-refractivity contribution is 7.92. The van der Waals surface area contributed by atoms with Gasteiger partial charge in [0.15, 0.2) is 11.5 Å². The number of halogens is 4. The number of anilines is 2. The molecule has 0 radical (unpaired) electrons. The maximum atomic E-state index is 13.4. The first-order chi connectivity index (χ1) is 20.4. The number of carbonyl (C=O) groups is 1. The van der Waals surface area contributed by atoms with E-state index in [4.69, 9.17) is 25.8 Å². The van der Waals surface area contributed by atoms with Crippen molar-refractivity contribution in [2.75, 3.05) is 30.4 Å². The molecular formula is C29H24ClF3N2O7S. The van der Waals surface area contributed by atoms with Gasteiger partial charge < -0.3 is 24.6 Å². The standard InChI is InChI=1S/C29H24ClF3N2O7S/c1-40-21-9-12-23(30)25(17-21)42-27-24(35-43(38,39)22-10-7-19(8-11-22)29(31,32)33)15-18(16-26(27)41-14-13-36)28(37)34-20-5-3-2-4-6-20/h2-12,15-17,35-36H,13-14H2,1H3,(H,34,37). The summed E-state index contributed by atoms with van der Waals surface area (Å²) >= 11 is 6.31. The Balaban J connectivity index is 1.83. The van der Waals surface area contributed by atoms with E-state index in [-0.39, 0.29) is 40.1 Å². The zero-order chi connectivity index (χ0) is 31.2. The summed E-state index contributed by atoms with van der Waals surface area (Å²) in [4.78, 5) is 12.7. The number of carbonyl (C=O) groups excluding carboxylic acids is 1. The number of sulfonamides is 1. The number of para-hydroxylation sites is 1. The molecule has 3 N–H and O–H groups in total. The van der Waals surface area contributed by atoms with Crippen molar-refractivity contribution in [1.82, 2.24) is 0 Å². The van der Waals surface area contributed by atoms with E-state index in [1.54, 1.807) is 36.4 Å². The lowest BCUT2D eigenvalue weighted by Gasteiger charge is -2.20. The second-order valence-corrected chi connectivity index (χ2v) is 10.9. The van der Waals surface area contributed by atoms with E-state index in [1.165, 1.54) is 25.3 Å². The number of nitrogens with one attached hydrogen (secondary N) is 2. The summed E-state index contributed by atoms with van der Waals surface area (Å²) in [6, 6.07) is 18.1. The van der Waals surface area contributed by atoms with Crippen LogP contribution in [-0.2, 0) is 16.2 Å². The van der Waals surface area contributed by atoms with Crippen LogP contribution in [0.2, 0.25) is 5.02 Å². The summed E-state index contributed by atoms with van der Waals surface area (Å²) in [6.45, 7) is -0.705. The third kappa shape index (κ3) is 7.89. The molecule has 0 saturated heterocycles. The topological polar surface area (TPSA) is 123 Å². The SMILES string of the molecule is COc1ccc(Cl)c(Oc2c(NS(=O)(=O)c3ccc(C(F)(F)F)cc3)cc(C(=O)Nc3ccccc3)cc2OCCO)c1. The molecule has 0 aliphatic rings. The first-order valence-electron chi connectivity index (χ1n) is 12.4. The van der Waals surface area contributed by atoms with Gasteiger partial charge in [-0.05, 0) is 60.7 Å². The lowest BCUT2D eigenvalue weighted by molar-refractivity contribution is -0.137. The lowest BCUT2D eigenvalue weighted by atomic mass is 10.1. The molecule has 0 atom stereocenters. The Morgan fingerprint density at radius 1 is 0.953 bits per heavy atom. The van der Waals surface area contributed by atoms with Gasteiger partial charge in [0.25, 0.3) is 15.9 Å². The van der Waals surface area contributed by atoms with E-state index in [0.717, 1.165) is 18.2 Å². The second-order valence-electron chi connectivity index (χ2n) is 8.77. The van der Waals surface area contributed by atoms with Crippen molar-refractivity contribution in [2.24, 2.45) is 0 Å². The number of amides is 1. The van der Waals surface area contributed by atoms with Gasteiger partial charge in [-0.3, -0.25) is 9.52 Å². The fraction of sp³-hybridized carbons (Fsp3) is 0.138. The summed E-state index contributed by atoms with van der Waals surface area (Å²) in [7, 11) is -3.13. The molecule has 43 heavy (non-hydrogen) atoms. The molecule has 226 valence electrons. The maximum absolute atomic E-state index is 13.4. The van der Waals surface area contributed by atoms with Crippen molar-refractivity contribution < 1.29 is 45.7 Å². The van der Waals surface area contributed by atoms with Gasteiger partial charge in [-0.1, -0.05) is 29.8 Å². The van der Waals surface area contributed by atoms with Crippen molar-refractivity contribution in [3.63, 3.8) is 0 Å². The first-order valence-corrected chi connectivity index (χ1v) is 14.3. The van der Waals surface area contributed by atoms with Crippen LogP contribution >= 0.6 is 11.6 Å². The summed E-state index contributed by atoms with van der Waals surface area (Å²) in [6.07, 6.45) is -4.67. The molecule has 14 heteroatoms. The highest BCUT2D eigenvalue weighted by Gasteiger charge is 2.31. The fourth-order valence-electron chi connectivity index (χ4n) is 3.73. The largest absolute Gasteiger partial charge is 0.497 e. The third-order valence-electron chi connectivity index (χ3n) is 5.78. The molecule has 9 nitrogen and oxygen atoms in total. The lowest BCUT2D eigenvalue weighted by Crippen LogP contribution is -2.17. The molecule has 0 bridgehead atoms. The predicted molar refractivity (Wildman–Crippen MR) is 154 cm³/mol. The molecule has 0 heterocycles.